The van der Waals surface area contributed by atoms with Crippen LogP contribution in [0.5, 0.6) is 0 Å². The van der Waals surface area contributed by atoms with E-state index in [9.17, 15) is 10.2 Å². The van der Waals surface area contributed by atoms with E-state index in [-0.39, 0.29) is 6.42 Å². The molecule has 0 saturated heterocycles. The lowest BCUT2D eigenvalue weighted by molar-refractivity contribution is -0.171. The maximum Gasteiger partial charge on any atom is 0.189 e. The molecule has 0 aliphatic heterocycles. The standard InChI is InChI=1S/C9H11ClO2/c1-2-9(11,12)7-3-5-8(10)6-4-7/h3-6,11-12H,2H2,1H3. The van der Waals surface area contributed by atoms with E-state index in [0.29, 0.717) is 10.6 Å². The Balaban J connectivity index is 2.96. The van der Waals surface area contributed by atoms with Crippen molar-refractivity contribution < 1.29 is 10.2 Å². The van der Waals surface area contributed by atoms with Gasteiger partial charge in [0.1, 0.15) is 0 Å². The summed E-state index contributed by atoms with van der Waals surface area (Å²) in [5.41, 5.74) is 0.467. The smallest absolute Gasteiger partial charge is 0.189 e. The van der Waals surface area contributed by atoms with Gasteiger partial charge >= 0.3 is 0 Å². The fraction of sp³-hybridized carbons (Fsp3) is 0.333. The molecule has 0 unspecified atom stereocenters. The molecule has 0 saturated carbocycles. The van der Waals surface area contributed by atoms with Crippen molar-refractivity contribution in [3.63, 3.8) is 0 Å². The third kappa shape index (κ3) is 1.97. The van der Waals surface area contributed by atoms with Crippen LogP contribution >= 0.6 is 11.6 Å². The molecule has 0 aliphatic carbocycles. The molecule has 1 aromatic carbocycles. The SMILES string of the molecule is CCC(O)(O)c1ccc(Cl)cc1. The van der Waals surface area contributed by atoms with Crippen LogP contribution in [0.25, 0.3) is 0 Å². The average molecular weight is 187 g/mol. The summed E-state index contributed by atoms with van der Waals surface area (Å²) >= 11 is 5.64. The highest BCUT2D eigenvalue weighted by Crippen LogP contribution is 2.22. The molecule has 0 spiro atoms. The minimum absolute atomic E-state index is 0.259. The van der Waals surface area contributed by atoms with Crippen LogP contribution in [0.2, 0.25) is 5.02 Å². The van der Waals surface area contributed by atoms with Gasteiger partial charge in [-0.05, 0) is 12.1 Å². The second kappa shape index (κ2) is 3.44. The van der Waals surface area contributed by atoms with Gasteiger partial charge in [0.15, 0.2) is 5.79 Å². The van der Waals surface area contributed by atoms with Crippen molar-refractivity contribution in [1.82, 2.24) is 0 Å². The first-order chi connectivity index (χ1) is 5.56. The normalized spacial score (nSPS) is 11.7. The summed E-state index contributed by atoms with van der Waals surface area (Å²) in [5, 5.41) is 19.4. The first-order valence-corrected chi connectivity index (χ1v) is 4.15. The van der Waals surface area contributed by atoms with E-state index in [0.717, 1.165) is 0 Å². The molecule has 0 amide bonds. The van der Waals surface area contributed by atoms with Crippen LogP contribution in [0, 0.1) is 0 Å². The molecule has 0 radical (unpaired) electrons. The molecule has 1 aromatic rings. The fourth-order valence-electron chi connectivity index (χ4n) is 0.921. The Kier molecular flexibility index (Phi) is 2.73. The highest BCUT2D eigenvalue weighted by Gasteiger charge is 2.22. The molecule has 12 heavy (non-hydrogen) atoms. The number of aliphatic hydroxyl groups is 2. The topological polar surface area (TPSA) is 40.5 Å². The molecule has 2 nitrogen and oxygen atoms in total. The number of hydrogen-bond acceptors (Lipinski definition) is 2. The maximum atomic E-state index is 9.40. The van der Waals surface area contributed by atoms with E-state index < -0.39 is 5.79 Å². The number of benzene rings is 1. The first-order valence-electron chi connectivity index (χ1n) is 3.77. The van der Waals surface area contributed by atoms with Gasteiger partial charge in [0, 0.05) is 17.0 Å². The molecule has 0 aromatic heterocycles. The Labute approximate surface area is 76.4 Å². The number of halogens is 1. The molecule has 3 heteroatoms. The van der Waals surface area contributed by atoms with Crippen molar-refractivity contribution in [3.05, 3.63) is 34.9 Å². The van der Waals surface area contributed by atoms with Crippen molar-refractivity contribution in [2.75, 3.05) is 0 Å². The van der Waals surface area contributed by atoms with Gasteiger partial charge in [-0.25, -0.2) is 0 Å². The quantitative estimate of drug-likeness (QED) is 0.693. The molecule has 0 fully saturated rings. The van der Waals surface area contributed by atoms with Crippen LogP contribution in [0.3, 0.4) is 0 Å². The van der Waals surface area contributed by atoms with Crippen molar-refractivity contribution in [3.8, 4) is 0 Å². The van der Waals surface area contributed by atoms with Gasteiger partial charge in [0.2, 0.25) is 0 Å². The third-order valence-corrected chi connectivity index (χ3v) is 2.05. The van der Waals surface area contributed by atoms with Gasteiger partial charge < -0.3 is 10.2 Å². The van der Waals surface area contributed by atoms with Crippen LogP contribution in [0.4, 0.5) is 0 Å². The van der Waals surface area contributed by atoms with Crippen LogP contribution < -0.4 is 0 Å². The van der Waals surface area contributed by atoms with Crippen LogP contribution in [-0.4, -0.2) is 10.2 Å². The third-order valence-electron chi connectivity index (χ3n) is 1.80. The van der Waals surface area contributed by atoms with E-state index in [2.05, 4.69) is 0 Å². The van der Waals surface area contributed by atoms with Gasteiger partial charge in [0.25, 0.3) is 0 Å². The predicted molar refractivity (Wildman–Crippen MR) is 47.9 cm³/mol. The van der Waals surface area contributed by atoms with Crippen molar-refractivity contribution in [1.29, 1.82) is 0 Å². The summed E-state index contributed by atoms with van der Waals surface area (Å²) in [4.78, 5) is 0. The number of rotatable bonds is 2. The van der Waals surface area contributed by atoms with Gasteiger partial charge in [-0.1, -0.05) is 30.7 Å². The lowest BCUT2D eigenvalue weighted by Crippen LogP contribution is -2.23. The Bertz CT molecular complexity index is 254. The van der Waals surface area contributed by atoms with Crippen LogP contribution in [-0.2, 0) is 5.79 Å². The first kappa shape index (κ1) is 9.52. The Morgan fingerprint density at radius 1 is 1.25 bits per heavy atom. The van der Waals surface area contributed by atoms with E-state index >= 15 is 0 Å². The summed E-state index contributed by atoms with van der Waals surface area (Å²) in [5.74, 6) is -1.73. The van der Waals surface area contributed by atoms with E-state index in [1.807, 2.05) is 0 Å². The monoisotopic (exact) mass is 186 g/mol. The summed E-state index contributed by atoms with van der Waals surface area (Å²) < 4.78 is 0. The molecular weight excluding hydrogens is 176 g/mol. The summed E-state index contributed by atoms with van der Waals surface area (Å²) in [6.07, 6.45) is 0.259. The van der Waals surface area contributed by atoms with Crippen LogP contribution in [0.1, 0.15) is 18.9 Å². The van der Waals surface area contributed by atoms with Crippen molar-refractivity contribution in [2.45, 2.75) is 19.1 Å². The van der Waals surface area contributed by atoms with Gasteiger partial charge in [-0.15, -0.1) is 0 Å². The zero-order valence-electron chi connectivity index (χ0n) is 6.79. The van der Waals surface area contributed by atoms with E-state index in [4.69, 9.17) is 11.6 Å². The molecule has 1 rings (SSSR count). The fourth-order valence-corrected chi connectivity index (χ4v) is 1.05. The summed E-state index contributed by atoms with van der Waals surface area (Å²) in [6.45, 7) is 1.70. The second-order valence-electron chi connectivity index (χ2n) is 2.68. The summed E-state index contributed by atoms with van der Waals surface area (Å²) in [6, 6.07) is 6.47. The molecule has 0 bridgehead atoms. The second-order valence-corrected chi connectivity index (χ2v) is 3.11. The van der Waals surface area contributed by atoms with Gasteiger partial charge in [-0.3, -0.25) is 0 Å². The number of hydrogen-bond donors (Lipinski definition) is 2. The summed E-state index contributed by atoms with van der Waals surface area (Å²) in [7, 11) is 0. The minimum Gasteiger partial charge on any atom is -0.362 e. The minimum atomic E-state index is -1.73. The maximum absolute atomic E-state index is 9.40. The highest BCUT2D eigenvalue weighted by molar-refractivity contribution is 6.30. The van der Waals surface area contributed by atoms with E-state index in [1.165, 1.54) is 0 Å². The lowest BCUT2D eigenvalue weighted by atomic mass is 10.0. The van der Waals surface area contributed by atoms with E-state index in [1.54, 1.807) is 31.2 Å². The van der Waals surface area contributed by atoms with Crippen molar-refractivity contribution in [2.24, 2.45) is 0 Å². The Hall–Kier alpha value is -0.570. The molecular formula is C9H11ClO2. The molecule has 0 aliphatic rings. The average Bonchev–Trinajstić information content (AvgIpc) is 2.05. The van der Waals surface area contributed by atoms with Crippen molar-refractivity contribution >= 4 is 11.6 Å². The zero-order chi connectivity index (χ0) is 9.19. The van der Waals surface area contributed by atoms with Crippen LogP contribution in [0.15, 0.2) is 24.3 Å². The predicted octanol–water partition coefficient (Wildman–Crippen LogP) is 1.89. The van der Waals surface area contributed by atoms with Gasteiger partial charge in [-0.2, -0.15) is 0 Å². The Morgan fingerprint density at radius 2 is 1.75 bits per heavy atom. The molecule has 2 N–H and O–H groups in total. The zero-order valence-corrected chi connectivity index (χ0v) is 7.54. The highest BCUT2D eigenvalue weighted by atomic mass is 35.5. The Morgan fingerprint density at radius 3 is 2.17 bits per heavy atom. The molecule has 0 atom stereocenters. The van der Waals surface area contributed by atoms with Gasteiger partial charge in [0.05, 0.1) is 0 Å². The molecule has 66 valence electrons. The largest absolute Gasteiger partial charge is 0.362 e. The lowest BCUT2D eigenvalue weighted by Gasteiger charge is -2.19. The molecule has 0 heterocycles.